The third-order valence-electron chi connectivity index (χ3n) is 9.60. The van der Waals surface area contributed by atoms with Gasteiger partial charge in [-0.1, -0.05) is 26.7 Å². The molecule has 0 heterocycles. The zero-order chi connectivity index (χ0) is 19.4. The molecular weight excluding hydrogens is 340 g/mol. The molecule has 4 aliphatic rings. The first-order valence-corrected chi connectivity index (χ1v) is 11.1. The van der Waals surface area contributed by atoms with Crippen molar-refractivity contribution in [2.45, 2.75) is 90.6 Å². The summed E-state index contributed by atoms with van der Waals surface area (Å²) in [5.74, 6) is 1.93. The van der Waals surface area contributed by atoms with Gasteiger partial charge in [0.15, 0.2) is 6.61 Å². The van der Waals surface area contributed by atoms with Crippen molar-refractivity contribution in [3.63, 3.8) is 0 Å². The van der Waals surface area contributed by atoms with E-state index in [-0.39, 0.29) is 17.8 Å². The van der Waals surface area contributed by atoms with E-state index >= 15 is 0 Å². The van der Waals surface area contributed by atoms with Crippen LogP contribution < -0.4 is 0 Å². The largest absolute Gasteiger partial charge is 0.458 e. The summed E-state index contributed by atoms with van der Waals surface area (Å²) in [7, 11) is 0. The molecule has 0 amide bonds. The van der Waals surface area contributed by atoms with Gasteiger partial charge in [0.05, 0.1) is 0 Å². The average molecular weight is 377 g/mol. The van der Waals surface area contributed by atoms with E-state index in [1.807, 2.05) is 0 Å². The molecule has 0 aromatic heterocycles. The van der Waals surface area contributed by atoms with E-state index in [1.54, 1.807) is 0 Å². The molecule has 1 N–H and O–H groups in total. The van der Waals surface area contributed by atoms with Gasteiger partial charge in [-0.3, -0.25) is 9.59 Å². The van der Waals surface area contributed by atoms with Crippen LogP contribution in [-0.4, -0.2) is 29.1 Å². The van der Waals surface area contributed by atoms with E-state index in [0.29, 0.717) is 23.7 Å². The van der Waals surface area contributed by atoms with Gasteiger partial charge in [0.2, 0.25) is 5.78 Å². The van der Waals surface area contributed by atoms with Crippen LogP contribution in [0.25, 0.3) is 0 Å². The average Bonchev–Trinajstić information content (AvgIpc) is 2.91. The van der Waals surface area contributed by atoms with Crippen LogP contribution in [-0.2, 0) is 14.3 Å². The van der Waals surface area contributed by atoms with Crippen LogP contribution in [0, 0.1) is 34.5 Å². The molecule has 4 rings (SSSR count). The summed E-state index contributed by atoms with van der Waals surface area (Å²) in [5.41, 5.74) is -1.24. The molecule has 0 saturated heterocycles. The predicted octanol–water partition coefficient (Wildman–Crippen LogP) is 4.28. The lowest BCUT2D eigenvalue weighted by Gasteiger charge is -2.61. The minimum atomic E-state index is -1.33. The van der Waals surface area contributed by atoms with Gasteiger partial charge in [0.25, 0.3) is 0 Å². The summed E-state index contributed by atoms with van der Waals surface area (Å²) in [4.78, 5) is 24.0. The number of Topliss-reactive ketones (excluding diaryl/α,β-unsaturated/α-hetero) is 1. The third kappa shape index (κ3) is 2.73. The van der Waals surface area contributed by atoms with Gasteiger partial charge in [-0.05, 0) is 80.5 Å². The van der Waals surface area contributed by atoms with Crippen LogP contribution in [0.1, 0.15) is 85.0 Å². The van der Waals surface area contributed by atoms with Crippen molar-refractivity contribution in [2.75, 3.05) is 6.61 Å². The fraction of sp³-hybridized carbons (Fsp3) is 0.913. The Hall–Kier alpha value is -0.900. The second-order valence-electron chi connectivity index (χ2n) is 10.5. The van der Waals surface area contributed by atoms with Crippen LogP contribution in [0.5, 0.6) is 0 Å². The van der Waals surface area contributed by atoms with Crippen LogP contribution in [0.2, 0.25) is 0 Å². The first-order chi connectivity index (χ1) is 12.7. The summed E-state index contributed by atoms with van der Waals surface area (Å²) >= 11 is 0. The molecule has 4 saturated carbocycles. The maximum atomic E-state index is 12.9. The molecule has 4 fully saturated rings. The van der Waals surface area contributed by atoms with Gasteiger partial charge in [-0.25, -0.2) is 0 Å². The molecule has 0 spiro atoms. The maximum absolute atomic E-state index is 12.9. The Morgan fingerprint density at radius 3 is 2.44 bits per heavy atom. The molecule has 152 valence electrons. The smallest absolute Gasteiger partial charge is 0.303 e. The van der Waals surface area contributed by atoms with Crippen LogP contribution in [0.4, 0.5) is 0 Å². The number of esters is 1. The number of aliphatic hydroxyl groups is 1. The van der Waals surface area contributed by atoms with Crippen molar-refractivity contribution in [1.29, 1.82) is 0 Å². The molecule has 4 heteroatoms. The number of rotatable bonds is 3. The van der Waals surface area contributed by atoms with Crippen molar-refractivity contribution >= 4 is 11.8 Å². The van der Waals surface area contributed by atoms with Gasteiger partial charge in [-0.15, -0.1) is 0 Å². The van der Waals surface area contributed by atoms with Crippen LogP contribution in [0.15, 0.2) is 0 Å². The van der Waals surface area contributed by atoms with Crippen molar-refractivity contribution in [3.05, 3.63) is 0 Å². The Labute approximate surface area is 163 Å². The summed E-state index contributed by atoms with van der Waals surface area (Å²) < 4.78 is 4.95. The zero-order valence-electron chi connectivity index (χ0n) is 17.3. The van der Waals surface area contributed by atoms with Crippen LogP contribution >= 0.6 is 0 Å². The third-order valence-corrected chi connectivity index (χ3v) is 9.60. The molecule has 0 aromatic rings. The van der Waals surface area contributed by atoms with E-state index in [0.717, 1.165) is 31.1 Å². The zero-order valence-corrected chi connectivity index (χ0v) is 17.3. The fourth-order valence-corrected chi connectivity index (χ4v) is 8.06. The minimum absolute atomic E-state index is 0.290. The Morgan fingerprint density at radius 1 is 0.963 bits per heavy atom. The summed E-state index contributed by atoms with van der Waals surface area (Å²) in [6.45, 7) is 5.71. The van der Waals surface area contributed by atoms with E-state index in [2.05, 4.69) is 13.8 Å². The summed E-state index contributed by atoms with van der Waals surface area (Å²) in [6, 6.07) is 0. The number of fused-ring (bicyclic) bond motifs is 5. The number of ketones is 1. The topological polar surface area (TPSA) is 63.6 Å². The summed E-state index contributed by atoms with van der Waals surface area (Å²) in [6.07, 6.45) is 11.6. The fourth-order valence-electron chi connectivity index (χ4n) is 8.06. The number of ether oxygens (including phenoxy) is 1. The lowest BCUT2D eigenvalue weighted by molar-refractivity contribution is -0.174. The highest BCUT2D eigenvalue weighted by molar-refractivity contribution is 5.90. The van der Waals surface area contributed by atoms with Gasteiger partial charge in [0, 0.05) is 12.3 Å². The van der Waals surface area contributed by atoms with Crippen molar-refractivity contribution < 1.29 is 19.4 Å². The van der Waals surface area contributed by atoms with Crippen molar-refractivity contribution in [1.82, 2.24) is 0 Å². The molecule has 0 aliphatic heterocycles. The number of hydrogen-bond donors (Lipinski definition) is 1. The first kappa shape index (κ1) is 19.4. The number of carbonyl (C=O) groups excluding carboxylic acids is 2. The minimum Gasteiger partial charge on any atom is -0.458 e. The Balaban J connectivity index is 1.58. The van der Waals surface area contributed by atoms with Gasteiger partial charge >= 0.3 is 5.97 Å². The molecule has 4 aliphatic carbocycles. The SMILES string of the molecule is CC(=O)OCC(=O)[C@]1(O)CC[C@H]2[C@@H]3CC[C@H]4CCCC[C@]4(C)[C@H]3CC[C@@]21C. The Kier molecular flexibility index (Phi) is 4.73. The standard InChI is InChI=1S/C23H36O4/c1-15(24)27-14-20(25)23(26)13-10-19-17-8-7-16-6-4-5-11-21(16,2)18(17)9-12-22(19,23)3/h16-19,26H,4-14H2,1-3H3/t16-,17-,18+,19+,21+,22+,23-/m1/s1. The highest BCUT2D eigenvalue weighted by Gasteiger charge is 2.66. The molecule has 4 nitrogen and oxygen atoms in total. The van der Waals surface area contributed by atoms with Gasteiger partial charge in [0.1, 0.15) is 5.60 Å². The lowest BCUT2D eigenvalue weighted by atomic mass is 9.44. The Bertz CT molecular complexity index is 630. The van der Waals surface area contributed by atoms with Crippen molar-refractivity contribution in [3.8, 4) is 0 Å². The molecule has 27 heavy (non-hydrogen) atoms. The highest BCUT2D eigenvalue weighted by atomic mass is 16.5. The Morgan fingerprint density at radius 2 is 1.70 bits per heavy atom. The molecular formula is C23H36O4. The number of hydrogen-bond acceptors (Lipinski definition) is 4. The summed E-state index contributed by atoms with van der Waals surface area (Å²) in [5, 5.41) is 11.5. The maximum Gasteiger partial charge on any atom is 0.303 e. The molecule has 0 unspecified atom stereocenters. The quantitative estimate of drug-likeness (QED) is 0.747. The molecule has 0 radical (unpaired) electrons. The predicted molar refractivity (Wildman–Crippen MR) is 103 cm³/mol. The first-order valence-electron chi connectivity index (χ1n) is 11.1. The second kappa shape index (κ2) is 6.57. The molecule has 7 atom stereocenters. The normalized spacial score (nSPS) is 48.9. The molecule has 0 aromatic carbocycles. The molecule has 0 bridgehead atoms. The number of carbonyl (C=O) groups is 2. The highest BCUT2D eigenvalue weighted by Crippen LogP contribution is 2.68. The monoisotopic (exact) mass is 376 g/mol. The van der Waals surface area contributed by atoms with Crippen LogP contribution in [0.3, 0.4) is 0 Å². The van der Waals surface area contributed by atoms with E-state index < -0.39 is 11.6 Å². The van der Waals surface area contributed by atoms with Crippen molar-refractivity contribution in [2.24, 2.45) is 34.5 Å². The second-order valence-corrected chi connectivity index (χ2v) is 10.5. The van der Waals surface area contributed by atoms with E-state index in [9.17, 15) is 14.7 Å². The van der Waals surface area contributed by atoms with E-state index in [4.69, 9.17) is 4.74 Å². The lowest BCUT2D eigenvalue weighted by Crippen LogP contribution is -2.59. The van der Waals surface area contributed by atoms with Gasteiger partial charge in [-0.2, -0.15) is 0 Å². The van der Waals surface area contributed by atoms with E-state index in [1.165, 1.54) is 45.4 Å². The van der Waals surface area contributed by atoms with Gasteiger partial charge < -0.3 is 9.84 Å².